The number of carboxylic acids is 4. The van der Waals surface area contributed by atoms with Crippen LogP contribution >= 0.6 is 0 Å². The summed E-state index contributed by atoms with van der Waals surface area (Å²) in [5, 5.41) is 46.9. The maximum Gasteiger partial charge on any atom is 1.00 e. The normalized spacial score (nSPS) is 24.4. The Morgan fingerprint density at radius 3 is 1.21 bits per heavy atom. The number of esters is 2. The van der Waals surface area contributed by atoms with E-state index in [4.69, 9.17) is 19.1 Å². The molecule has 4 heterocycles. The van der Waals surface area contributed by atoms with Gasteiger partial charge in [0.2, 0.25) is 11.8 Å². The van der Waals surface area contributed by atoms with Gasteiger partial charge in [-0.15, -0.1) is 0 Å². The molecule has 2 aromatic rings. The van der Waals surface area contributed by atoms with Crippen LogP contribution in [0, 0.1) is 0 Å². The van der Waals surface area contributed by atoms with E-state index in [1.165, 1.54) is 24.3 Å². The molecule has 4 saturated heterocycles. The van der Waals surface area contributed by atoms with Gasteiger partial charge in [-0.05, 0) is 11.1 Å². The molecule has 4 N–H and O–H groups in total. The van der Waals surface area contributed by atoms with Gasteiger partial charge in [-0.2, -0.15) is 10.1 Å². The van der Waals surface area contributed by atoms with Gasteiger partial charge in [0, 0.05) is 12.8 Å². The Morgan fingerprint density at radius 2 is 0.948 bits per heavy atom. The minimum atomic E-state index is -2.42. The van der Waals surface area contributed by atoms with Crippen LogP contribution in [0.25, 0.3) is 0 Å². The summed E-state index contributed by atoms with van der Waals surface area (Å²) < 4.78 is 9.49. The SMILES string of the molecule is O=C1CCC(C(=O)[O-])(N2OC[C@H](NC(=O)C(C(=O)O)c3ccccc3)C2=O)O1.O=C1CCC(C(=O)[O-])(N2OC[C@H](NC(=O)C(C(=O)O)c3ccccc3)C2=O)O1.[Na+].[Na+]. The van der Waals surface area contributed by atoms with Crippen LogP contribution in [0.2, 0.25) is 0 Å². The molecule has 4 aliphatic rings. The standard InChI is InChI=1S/2C17H16N2O9.2Na/c2*20-11-6-7-17(28-11,16(25)26)19-14(22)10(8-27-19)18-13(21)12(15(23)24)9-4-2-1-3-5-9;;/h2*1-5,10,12H,6-8H2,(H,18,21)(H,23,24)(H,25,26);;/q;;2*+1/p-2/t2*10-,12?,17?;;/m00../s1. The van der Waals surface area contributed by atoms with E-state index in [1.807, 2.05) is 0 Å². The van der Waals surface area contributed by atoms with Crippen molar-refractivity contribution in [2.75, 3.05) is 13.2 Å². The quantitative estimate of drug-likeness (QED) is 0.0877. The number of nitrogens with zero attached hydrogens (tertiary/aromatic N) is 2. The van der Waals surface area contributed by atoms with Crippen molar-refractivity contribution in [3.63, 3.8) is 0 Å². The smallest absolute Gasteiger partial charge is 0.544 e. The average molecular weight is 829 g/mol. The fourth-order valence-corrected chi connectivity index (χ4v) is 6.10. The van der Waals surface area contributed by atoms with Gasteiger partial charge >= 0.3 is 83.0 Å². The first-order valence-electron chi connectivity index (χ1n) is 16.5. The zero-order chi connectivity index (χ0) is 40.9. The Labute approximate surface area is 370 Å². The molecule has 296 valence electrons. The van der Waals surface area contributed by atoms with E-state index in [0.717, 1.165) is 0 Å². The Morgan fingerprint density at radius 1 is 0.621 bits per heavy atom. The van der Waals surface area contributed by atoms with E-state index in [1.54, 1.807) is 36.4 Å². The minimum absolute atomic E-state index is 0. The summed E-state index contributed by atoms with van der Waals surface area (Å²) in [7, 11) is 0. The largest absolute Gasteiger partial charge is 1.00 e. The third-order valence-corrected chi connectivity index (χ3v) is 8.85. The molecule has 24 heteroatoms. The Balaban J connectivity index is 0.000000300. The van der Waals surface area contributed by atoms with Gasteiger partial charge in [0.1, 0.15) is 37.2 Å². The zero-order valence-corrected chi connectivity index (χ0v) is 34.6. The van der Waals surface area contributed by atoms with Crippen molar-refractivity contribution in [3.05, 3.63) is 71.8 Å². The second-order valence-electron chi connectivity index (χ2n) is 12.4. The molecule has 22 nitrogen and oxygen atoms in total. The molecule has 0 spiro atoms. The molecule has 0 radical (unpaired) electrons. The number of nitrogens with one attached hydrogen (secondary N) is 2. The van der Waals surface area contributed by atoms with Crippen LogP contribution in [-0.2, 0) is 67.1 Å². The zero-order valence-electron chi connectivity index (χ0n) is 30.6. The number of hydroxylamine groups is 4. The van der Waals surface area contributed by atoms with Crippen molar-refractivity contribution >= 4 is 59.4 Å². The number of carboxylic acid groups (broad SMARTS) is 4. The van der Waals surface area contributed by atoms with Crippen molar-refractivity contribution in [1.82, 2.24) is 20.8 Å². The summed E-state index contributed by atoms with van der Waals surface area (Å²) >= 11 is 0. The minimum Gasteiger partial charge on any atom is -0.544 e. The van der Waals surface area contributed by atoms with Crippen LogP contribution in [0.5, 0.6) is 0 Å². The molecule has 6 rings (SSSR count). The van der Waals surface area contributed by atoms with Crippen molar-refractivity contribution in [1.29, 1.82) is 0 Å². The number of hydrogen-bond acceptors (Lipinski definition) is 16. The fourth-order valence-electron chi connectivity index (χ4n) is 6.10. The van der Waals surface area contributed by atoms with Gasteiger partial charge < -0.3 is 50.1 Å². The third kappa shape index (κ3) is 9.67. The van der Waals surface area contributed by atoms with Gasteiger partial charge in [0.05, 0.1) is 12.8 Å². The van der Waals surface area contributed by atoms with Crippen LogP contribution in [-0.4, -0.2) is 117 Å². The molecule has 4 unspecified atom stereocenters. The predicted molar refractivity (Wildman–Crippen MR) is 169 cm³/mol. The van der Waals surface area contributed by atoms with Crippen molar-refractivity contribution in [2.24, 2.45) is 0 Å². The molecule has 4 fully saturated rings. The molecule has 58 heavy (non-hydrogen) atoms. The molecule has 0 aromatic heterocycles. The van der Waals surface area contributed by atoms with Crippen molar-refractivity contribution in [2.45, 2.75) is 61.1 Å². The van der Waals surface area contributed by atoms with E-state index < -0.39 is 108 Å². The number of carbonyl (C=O) groups excluding carboxylic acids is 8. The first kappa shape index (κ1) is 47.4. The number of rotatable bonds is 12. The summed E-state index contributed by atoms with van der Waals surface area (Å²) in [6.45, 7) is -0.920. The second-order valence-corrected chi connectivity index (χ2v) is 12.4. The summed E-state index contributed by atoms with van der Waals surface area (Å²) in [5.41, 5.74) is -4.43. The van der Waals surface area contributed by atoms with E-state index in [9.17, 15) is 68.4 Å². The van der Waals surface area contributed by atoms with Crippen LogP contribution in [0.1, 0.15) is 48.6 Å². The van der Waals surface area contributed by atoms with Gasteiger partial charge in [-0.3, -0.25) is 48.0 Å². The Bertz CT molecular complexity index is 1830. The van der Waals surface area contributed by atoms with Gasteiger partial charge in [-0.1, -0.05) is 60.7 Å². The molecule has 2 aromatic carbocycles. The fraction of sp³-hybridized carbons (Fsp3) is 0.353. The van der Waals surface area contributed by atoms with Crippen molar-refractivity contribution < 1.29 is 147 Å². The average Bonchev–Trinajstić information content (AvgIpc) is 3.93. The van der Waals surface area contributed by atoms with Crippen LogP contribution in [0.15, 0.2) is 60.7 Å². The first-order chi connectivity index (χ1) is 26.5. The summed E-state index contributed by atoms with van der Waals surface area (Å²) in [5.74, 6) is -15.3. The molecular weight excluding hydrogens is 798 g/mol. The first-order valence-corrected chi connectivity index (χ1v) is 16.5. The number of benzene rings is 2. The van der Waals surface area contributed by atoms with Crippen molar-refractivity contribution in [3.8, 4) is 0 Å². The number of amides is 4. The Kier molecular flexibility index (Phi) is 16.1. The summed E-state index contributed by atoms with van der Waals surface area (Å²) in [6.07, 6.45) is -1.26. The molecule has 0 bridgehead atoms. The third-order valence-electron chi connectivity index (χ3n) is 8.85. The maximum atomic E-state index is 12.5. The maximum absolute atomic E-state index is 12.5. The summed E-state index contributed by atoms with van der Waals surface area (Å²) in [4.78, 5) is 129. The monoisotopic (exact) mass is 828 g/mol. The topological polar surface area (TPSA) is 325 Å². The predicted octanol–water partition coefficient (Wildman–Crippen LogP) is -10.2. The Hall–Kier alpha value is -4.94. The van der Waals surface area contributed by atoms with Gasteiger partial charge in [0.25, 0.3) is 23.3 Å². The number of cyclic esters (lactones) is 2. The van der Waals surface area contributed by atoms with E-state index in [2.05, 4.69) is 10.6 Å². The second kappa shape index (κ2) is 19.7. The number of carbonyl (C=O) groups is 10. The van der Waals surface area contributed by atoms with E-state index in [0.29, 0.717) is 10.1 Å². The molecule has 4 amide bonds. The summed E-state index contributed by atoms with van der Waals surface area (Å²) in [6, 6.07) is 12.6. The molecule has 0 saturated carbocycles. The van der Waals surface area contributed by atoms with E-state index in [-0.39, 0.29) is 95.9 Å². The van der Waals surface area contributed by atoms with Crippen LogP contribution in [0.4, 0.5) is 0 Å². The van der Waals surface area contributed by atoms with Crippen LogP contribution in [0.3, 0.4) is 0 Å². The van der Waals surface area contributed by atoms with Gasteiger partial charge in [-0.25, -0.2) is 0 Å². The van der Waals surface area contributed by atoms with Crippen LogP contribution < -0.4 is 80.0 Å². The van der Waals surface area contributed by atoms with E-state index >= 15 is 0 Å². The molecule has 4 aliphatic heterocycles. The van der Waals surface area contributed by atoms with Gasteiger partial charge in [0.15, 0.2) is 11.8 Å². The number of ether oxygens (including phenoxy) is 2. The molecule has 0 aliphatic carbocycles. The molecule has 6 atom stereocenters. The number of aliphatic carboxylic acids is 4. The number of hydrogen-bond donors (Lipinski definition) is 4. The molecular formula is C34H30N4Na2O18.